The molecule has 0 radical (unpaired) electrons. The van der Waals surface area contributed by atoms with Crippen LogP contribution in [0.1, 0.15) is 18.1 Å². The second-order valence-electron chi connectivity index (χ2n) is 3.91. The minimum Gasteiger partial charge on any atom is -0.481 e. The molecular weight excluding hydrogens is 242 g/mol. The maximum absolute atomic E-state index is 11.1. The van der Waals surface area contributed by atoms with E-state index >= 15 is 0 Å². The summed E-state index contributed by atoms with van der Waals surface area (Å²) in [4.78, 5) is 32.2. The van der Waals surface area contributed by atoms with Crippen LogP contribution in [0.15, 0.2) is 24.3 Å². The first-order chi connectivity index (χ1) is 8.49. The van der Waals surface area contributed by atoms with E-state index in [1.807, 2.05) is 0 Å². The molecule has 0 amide bonds. The molecule has 7 heteroatoms. The molecule has 0 saturated carbocycles. The smallest absolute Gasteiger partial charge is 0.311 e. The van der Waals surface area contributed by atoms with Crippen molar-refractivity contribution in [2.45, 2.75) is 12.5 Å². The number of carboxylic acids is 1. The van der Waals surface area contributed by atoms with Crippen molar-refractivity contribution in [1.82, 2.24) is 0 Å². The Kier molecular flexibility index (Phi) is 2.97. The van der Waals surface area contributed by atoms with Crippen LogP contribution in [0.5, 0.6) is 0 Å². The van der Waals surface area contributed by atoms with Crippen molar-refractivity contribution in [3.63, 3.8) is 0 Å². The number of benzene rings is 1. The molecule has 0 spiro atoms. The van der Waals surface area contributed by atoms with Crippen molar-refractivity contribution < 1.29 is 24.4 Å². The number of esters is 1. The Hall–Kier alpha value is -2.44. The normalized spacial score (nSPS) is 22.6. The summed E-state index contributed by atoms with van der Waals surface area (Å²) in [6.07, 6.45) is -1.18. The lowest BCUT2D eigenvalue weighted by Crippen LogP contribution is -2.17. The SMILES string of the molecule is O=C1C[C@@H](C(=O)O)[C@@H](c2cccc([N+](=O)[O-])c2)O1. The summed E-state index contributed by atoms with van der Waals surface area (Å²) in [5.74, 6) is -2.77. The summed E-state index contributed by atoms with van der Waals surface area (Å²) in [5.41, 5.74) is 0.155. The zero-order valence-corrected chi connectivity index (χ0v) is 9.11. The van der Waals surface area contributed by atoms with Gasteiger partial charge in [-0.3, -0.25) is 19.7 Å². The number of carbonyl (C=O) groups is 2. The van der Waals surface area contributed by atoms with Crippen molar-refractivity contribution >= 4 is 17.6 Å². The fraction of sp³-hybridized carbons (Fsp3) is 0.273. The van der Waals surface area contributed by atoms with E-state index in [2.05, 4.69) is 0 Å². The monoisotopic (exact) mass is 251 g/mol. The van der Waals surface area contributed by atoms with Gasteiger partial charge in [0.15, 0.2) is 0 Å². The fourth-order valence-corrected chi connectivity index (χ4v) is 1.89. The zero-order chi connectivity index (χ0) is 13.3. The molecule has 0 unspecified atom stereocenters. The van der Waals surface area contributed by atoms with Crippen LogP contribution >= 0.6 is 0 Å². The Balaban J connectivity index is 2.35. The van der Waals surface area contributed by atoms with Gasteiger partial charge >= 0.3 is 11.9 Å². The minimum atomic E-state index is -1.16. The third kappa shape index (κ3) is 2.15. The number of carbonyl (C=O) groups excluding carboxylic acids is 1. The summed E-state index contributed by atoms with van der Waals surface area (Å²) in [6.45, 7) is 0. The van der Waals surface area contributed by atoms with Crippen molar-refractivity contribution in [1.29, 1.82) is 0 Å². The van der Waals surface area contributed by atoms with E-state index in [-0.39, 0.29) is 12.1 Å². The van der Waals surface area contributed by atoms with Gasteiger partial charge in [-0.2, -0.15) is 0 Å². The van der Waals surface area contributed by atoms with Gasteiger partial charge in [-0.1, -0.05) is 12.1 Å². The van der Waals surface area contributed by atoms with Gasteiger partial charge < -0.3 is 9.84 Å². The maximum Gasteiger partial charge on any atom is 0.311 e. The molecule has 0 aliphatic carbocycles. The van der Waals surface area contributed by atoms with Crippen LogP contribution < -0.4 is 0 Å². The third-order valence-electron chi connectivity index (χ3n) is 2.74. The number of aliphatic carboxylic acids is 1. The van der Waals surface area contributed by atoms with E-state index in [0.29, 0.717) is 5.56 Å². The van der Waals surface area contributed by atoms with Gasteiger partial charge in [0.25, 0.3) is 5.69 Å². The molecule has 0 bridgehead atoms. The first-order valence-corrected chi connectivity index (χ1v) is 5.15. The highest BCUT2D eigenvalue weighted by atomic mass is 16.6. The number of rotatable bonds is 3. The minimum absolute atomic E-state index is 0.167. The molecule has 94 valence electrons. The quantitative estimate of drug-likeness (QED) is 0.492. The molecule has 18 heavy (non-hydrogen) atoms. The van der Waals surface area contributed by atoms with Crippen molar-refractivity contribution in [3.05, 3.63) is 39.9 Å². The van der Waals surface area contributed by atoms with E-state index < -0.39 is 28.9 Å². The number of nitro benzene ring substituents is 1. The molecular formula is C11H9NO6. The molecule has 2 atom stereocenters. The molecule has 1 aromatic carbocycles. The van der Waals surface area contributed by atoms with E-state index in [4.69, 9.17) is 9.84 Å². The summed E-state index contributed by atoms with van der Waals surface area (Å²) in [6, 6.07) is 5.44. The maximum atomic E-state index is 11.1. The van der Waals surface area contributed by atoms with E-state index in [1.165, 1.54) is 24.3 Å². The van der Waals surface area contributed by atoms with Crippen molar-refractivity contribution in [2.24, 2.45) is 5.92 Å². The fourth-order valence-electron chi connectivity index (χ4n) is 1.89. The van der Waals surface area contributed by atoms with Crippen LogP contribution in [0.25, 0.3) is 0 Å². The largest absolute Gasteiger partial charge is 0.481 e. The predicted octanol–water partition coefficient (Wildman–Crippen LogP) is 1.28. The topological polar surface area (TPSA) is 107 Å². The van der Waals surface area contributed by atoms with Crippen molar-refractivity contribution in [3.8, 4) is 0 Å². The summed E-state index contributed by atoms with van der Waals surface area (Å²) < 4.78 is 4.91. The number of carboxylic acid groups (broad SMARTS) is 1. The van der Waals surface area contributed by atoms with Crippen LogP contribution in [-0.2, 0) is 14.3 Å². The molecule has 1 aromatic rings. The van der Waals surface area contributed by atoms with Gasteiger partial charge in [0.2, 0.25) is 0 Å². The lowest BCUT2D eigenvalue weighted by molar-refractivity contribution is -0.385. The van der Waals surface area contributed by atoms with Crippen LogP contribution in [0.4, 0.5) is 5.69 Å². The Morgan fingerprint density at radius 3 is 2.83 bits per heavy atom. The second kappa shape index (κ2) is 4.44. The number of nitro groups is 1. The summed E-state index contributed by atoms with van der Waals surface area (Å²) in [5, 5.41) is 19.6. The van der Waals surface area contributed by atoms with Crippen LogP contribution in [-0.4, -0.2) is 22.0 Å². The second-order valence-corrected chi connectivity index (χ2v) is 3.91. The Bertz CT molecular complexity index is 526. The average Bonchev–Trinajstić information content (AvgIpc) is 2.72. The number of hydrogen-bond acceptors (Lipinski definition) is 5. The van der Waals surface area contributed by atoms with Gasteiger partial charge in [0.1, 0.15) is 12.0 Å². The van der Waals surface area contributed by atoms with E-state index in [0.717, 1.165) is 0 Å². The Morgan fingerprint density at radius 2 is 2.22 bits per heavy atom. The van der Waals surface area contributed by atoms with Gasteiger partial charge in [-0.05, 0) is 0 Å². The first-order valence-electron chi connectivity index (χ1n) is 5.15. The summed E-state index contributed by atoms with van der Waals surface area (Å²) in [7, 11) is 0. The van der Waals surface area contributed by atoms with Gasteiger partial charge in [-0.25, -0.2) is 0 Å². The average molecular weight is 251 g/mol. The van der Waals surface area contributed by atoms with Gasteiger partial charge in [0.05, 0.1) is 11.3 Å². The molecule has 1 aliphatic heterocycles. The molecule has 1 aliphatic rings. The molecule has 1 N–H and O–H groups in total. The van der Waals surface area contributed by atoms with Gasteiger partial charge in [-0.15, -0.1) is 0 Å². The molecule has 1 heterocycles. The highest BCUT2D eigenvalue weighted by molar-refractivity contribution is 5.82. The van der Waals surface area contributed by atoms with Crippen LogP contribution in [0, 0.1) is 16.0 Å². The highest BCUT2D eigenvalue weighted by Gasteiger charge is 2.41. The number of ether oxygens (including phenoxy) is 1. The molecule has 1 fully saturated rings. The highest BCUT2D eigenvalue weighted by Crippen LogP contribution is 2.36. The number of non-ortho nitro benzene ring substituents is 1. The number of cyclic esters (lactones) is 1. The zero-order valence-electron chi connectivity index (χ0n) is 9.11. The number of nitrogens with zero attached hydrogens (tertiary/aromatic N) is 1. The number of hydrogen-bond donors (Lipinski definition) is 1. The molecule has 0 aromatic heterocycles. The lowest BCUT2D eigenvalue weighted by atomic mass is 9.95. The standard InChI is InChI=1S/C11H9NO6/c13-9-5-8(11(14)15)10(18-9)6-2-1-3-7(4-6)12(16)17/h1-4,8,10H,5H2,(H,14,15)/t8-,10-/m1/s1. The Labute approximate surface area is 101 Å². The third-order valence-corrected chi connectivity index (χ3v) is 2.74. The first kappa shape index (κ1) is 12.0. The molecule has 7 nitrogen and oxygen atoms in total. The van der Waals surface area contributed by atoms with Gasteiger partial charge in [0, 0.05) is 17.7 Å². The summed E-state index contributed by atoms with van der Waals surface area (Å²) >= 11 is 0. The van der Waals surface area contributed by atoms with E-state index in [9.17, 15) is 19.7 Å². The van der Waals surface area contributed by atoms with Crippen molar-refractivity contribution in [2.75, 3.05) is 0 Å². The van der Waals surface area contributed by atoms with Crippen LogP contribution in [0.3, 0.4) is 0 Å². The van der Waals surface area contributed by atoms with Crippen LogP contribution in [0.2, 0.25) is 0 Å². The Morgan fingerprint density at radius 1 is 1.50 bits per heavy atom. The molecule has 2 rings (SSSR count). The predicted molar refractivity (Wildman–Crippen MR) is 57.7 cm³/mol. The molecule has 1 saturated heterocycles. The van der Waals surface area contributed by atoms with E-state index in [1.54, 1.807) is 0 Å². The lowest BCUT2D eigenvalue weighted by Gasteiger charge is -2.13.